The number of carbonyl (C=O) groups is 3. The molecule has 0 aliphatic carbocycles. The van der Waals surface area contributed by atoms with E-state index in [-0.39, 0.29) is 35.8 Å². The van der Waals surface area contributed by atoms with Crippen LogP contribution in [0.1, 0.15) is 39.9 Å². The maximum absolute atomic E-state index is 14.2. The first-order valence-corrected chi connectivity index (χ1v) is 12.8. The molecule has 0 saturated heterocycles. The highest BCUT2D eigenvalue weighted by atomic mass is 19.4. The van der Waals surface area contributed by atoms with Gasteiger partial charge in [-0.3, -0.25) is 14.6 Å². The average Bonchev–Trinajstić information content (AvgIpc) is 3.25. The van der Waals surface area contributed by atoms with Gasteiger partial charge in [-0.25, -0.2) is 4.79 Å². The highest BCUT2D eigenvalue weighted by molar-refractivity contribution is 6.24. The van der Waals surface area contributed by atoms with E-state index < -0.39 is 35.4 Å². The van der Waals surface area contributed by atoms with Crippen LogP contribution >= 0.6 is 0 Å². The molecule has 0 spiro atoms. The SMILES string of the molecule is CCOC(=O)c1ccc2c(c1)NC(=O)C2C(=Nc1ccc(N(C)C(=O)CN(C)C)c(C(F)(F)F)c1)c1ccccc1. The number of fused-ring (bicyclic) bond motifs is 1. The Balaban J connectivity index is 1.82. The molecule has 1 unspecified atom stereocenters. The molecular weight excluding hydrogens is 537 g/mol. The van der Waals surface area contributed by atoms with E-state index in [2.05, 4.69) is 10.3 Å². The molecule has 1 heterocycles. The summed E-state index contributed by atoms with van der Waals surface area (Å²) < 4.78 is 47.6. The van der Waals surface area contributed by atoms with Crippen molar-refractivity contribution in [2.24, 2.45) is 4.99 Å². The molecule has 1 aliphatic heterocycles. The van der Waals surface area contributed by atoms with Crippen molar-refractivity contribution in [3.63, 3.8) is 0 Å². The standard InChI is InChI=1S/C30H29F3N4O4/c1-5-41-29(40)19-11-13-21-23(15-19)35-28(39)26(21)27(18-9-7-6-8-10-18)34-20-12-14-24(22(16-20)30(31,32)33)37(4)25(38)17-36(2)3/h6-16,26H,5,17H2,1-4H3,(H,35,39). The number of likely N-dealkylation sites (N-methyl/N-ethyl adjacent to an activating group) is 2. The lowest BCUT2D eigenvalue weighted by Crippen LogP contribution is -2.36. The van der Waals surface area contributed by atoms with Crippen LogP contribution in [0.25, 0.3) is 0 Å². The Morgan fingerprint density at radius 2 is 1.68 bits per heavy atom. The summed E-state index contributed by atoms with van der Waals surface area (Å²) in [6.07, 6.45) is -4.78. The lowest BCUT2D eigenvalue weighted by Gasteiger charge is -2.24. The van der Waals surface area contributed by atoms with Crippen LogP contribution in [-0.2, 0) is 20.5 Å². The fraction of sp³-hybridized carbons (Fsp3) is 0.267. The van der Waals surface area contributed by atoms with Gasteiger partial charge in [0.2, 0.25) is 11.8 Å². The number of esters is 1. The summed E-state index contributed by atoms with van der Waals surface area (Å²) in [6.45, 7) is 1.80. The zero-order valence-electron chi connectivity index (χ0n) is 23.0. The van der Waals surface area contributed by atoms with E-state index in [0.717, 1.165) is 11.0 Å². The second-order valence-corrected chi connectivity index (χ2v) is 9.70. The molecule has 1 aliphatic rings. The molecule has 0 saturated carbocycles. The Morgan fingerprint density at radius 3 is 2.32 bits per heavy atom. The van der Waals surface area contributed by atoms with Crippen molar-refractivity contribution in [2.75, 3.05) is 44.5 Å². The molecule has 8 nitrogen and oxygen atoms in total. The third-order valence-corrected chi connectivity index (χ3v) is 6.46. The fourth-order valence-corrected chi connectivity index (χ4v) is 4.54. The van der Waals surface area contributed by atoms with Crippen molar-refractivity contribution in [2.45, 2.75) is 19.0 Å². The van der Waals surface area contributed by atoms with E-state index in [4.69, 9.17) is 4.74 Å². The average molecular weight is 567 g/mol. The van der Waals surface area contributed by atoms with E-state index >= 15 is 0 Å². The van der Waals surface area contributed by atoms with Crippen LogP contribution in [-0.4, -0.2) is 62.7 Å². The fourth-order valence-electron chi connectivity index (χ4n) is 4.54. The first kappa shape index (κ1) is 29.5. The quantitative estimate of drug-likeness (QED) is 0.297. The van der Waals surface area contributed by atoms with Gasteiger partial charge >= 0.3 is 12.1 Å². The number of ether oxygens (including phenoxy) is 1. The molecule has 4 rings (SSSR count). The number of amides is 2. The monoisotopic (exact) mass is 566 g/mol. The zero-order chi connectivity index (χ0) is 29.9. The van der Waals surface area contributed by atoms with Gasteiger partial charge in [0.1, 0.15) is 5.92 Å². The lowest BCUT2D eigenvalue weighted by molar-refractivity contribution is -0.137. The molecule has 2 amide bonds. The minimum absolute atomic E-state index is 0.0437. The molecule has 0 fully saturated rings. The highest BCUT2D eigenvalue weighted by Crippen LogP contribution is 2.41. The maximum atomic E-state index is 14.2. The minimum atomic E-state index is -4.78. The van der Waals surface area contributed by atoms with Gasteiger partial charge in [0.15, 0.2) is 0 Å². The number of alkyl halides is 3. The number of anilines is 2. The number of carbonyl (C=O) groups excluding carboxylic acids is 3. The summed E-state index contributed by atoms with van der Waals surface area (Å²) in [7, 11) is 4.59. The normalized spacial score (nSPS) is 15.0. The molecule has 11 heteroatoms. The summed E-state index contributed by atoms with van der Waals surface area (Å²) in [4.78, 5) is 45.1. The Labute approximate surface area is 235 Å². The smallest absolute Gasteiger partial charge is 0.418 e. The third kappa shape index (κ3) is 6.46. The van der Waals surface area contributed by atoms with Crippen LogP contribution < -0.4 is 10.2 Å². The van der Waals surface area contributed by atoms with E-state index in [9.17, 15) is 27.6 Å². The topological polar surface area (TPSA) is 91.3 Å². The van der Waals surface area contributed by atoms with E-state index in [1.807, 2.05) is 0 Å². The Bertz CT molecular complexity index is 1500. The third-order valence-electron chi connectivity index (χ3n) is 6.46. The first-order valence-electron chi connectivity index (χ1n) is 12.8. The summed E-state index contributed by atoms with van der Waals surface area (Å²) in [5.74, 6) is -2.45. The van der Waals surface area contributed by atoms with Gasteiger partial charge < -0.3 is 19.9 Å². The first-order chi connectivity index (χ1) is 19.4. The number of nitrogens with zero attached hydrogens (tertiary/aromatic N) is 3. The van der Waals surface area contributed by atoms with Crippen LogP contribution in [0.2, 0.25) is 0 Å². The van der Waals surface area contributed by atoms with Crippen molar-refractivity contribution in [1.82, 2.24) is 4.90 Å². The van der Waals surface area contributed by atoms with E-state index in [1.54, 1.807) is 62.3 Å². The van der Waals surface area contributed by atoms with E-state index in [0.29, 0.717) is 16.8 Å². The van der Waals surface area contributed by atoms with Crippen molar-refractivity contribution >= 4 is 40.6 Å². The Kier molecular flexibility index (Phi) is 8.57. The van der Waals surface area contributed by atoms with Gasteiger partial charge in [0.05, 0.1) is 41.4 Å². The number of aliphatic imine (C=N–C) groups is 1. The minimum Gasteiger partial charge on any atom is -0.462 e. The van der Waals surface area contributed by atoms with Crippen LogP contribution in [0, 0.1) is 0 Å². The van der Waals surface area contributed by atoms with Crippen LogP contribution in [0.4, 0.5) is 30.2 Å². The number of rotatable bonds is 8. The molecule has 41 heavy (non-hydrogen) atoms. The number of hydrogen-bond donors (Lipinski definition) is 1. The Hall–Kier alpha value is -4.51. The van der Waals surface area contributed by atoms with Gasteiger partial charge in [-0.15, -0.1) is 0 Å². The highest BCUT2D eigenvalue weighted by Gasteiger charge is 2.38. The maximum Gasteiger partial charge on any atom is 0.418 e. The summed E-state index contributed by atoms with van der Waals surface area (Å²) >= 11 is 0. The van der Waals surface area contributed by atoms with Crippen molar-refractivity contribution in [1.29, 1.82) is 0 Å². The van der Waals surface area contributed by atoms with Crippen molar-refractivity contribution in [3.8, 4) is 0 Å². The van der Waals surface area contributed by atoms with Crippen LogP contribution in [0.15, 0.2) is 71.7 Å². The van der Waals surface area contributed by atoms with Crippen LogP contribution in [0.3, 0.4) is 0 Å². The zero-order valence-corrected chi connectivity index (χ0v) is 23.0. The predicted molar refractivity (Wildman–Crippen MR) is 150 cm³/mol. The van der Waals surface area contributed by atoms with Crippen molar-refractivity contribution in [3.05, 3.63) is 89.0 Å². The molecule has 1 atom stereocenters. The number of halogens is 3. The molecule has 0 radical (unpaired) electrons. The molecule has 0 bridgehead atoms. The van der Waals surface area contributed by atoms with Gasteiger partial charge in [-0.1, -0.05) is 36.4 Å². The molecule has 3 aromatic carbocycles. The van der Waals surface area contributed by atoms with Gasteiger partial charge in [0.25, 0.3) is 0 Å². The number of hydrogen-bond acceptors (Lipinski definition) is 6. The lowest BCUT2D eigenvalue weighted by atomic mass is 9.90. The summed E-state index contributed by atoms with van der Waals surface area (Å²) in [6, 6.07) is 16.8. The molecule has 0 aromatic heterocycles. The summed E-state index contributed by atoms with van der Waals surface area (Å²) in [5.41, 5.74) is 0.542. The largest absolute Gasteiger partial charge is 0.462 e. The number of benzene rings is 3. The van der Waals surface area contributed by atoms with Gasteiger partial charge in [-0.2, -0.15) is 13.2 Å². The Morgan fingerprint density at radius 1 is 0.976 bits per heavy atom. The molecule has 1 N–H and O–H groups in total. The summed E-state index contributed by atoms with van der Waals surface area (Å²) in [5, 5.41) is 2.75. The van der Waals surface area contributed by atoms with E-state index in [1.165, 1.54) is 31.3 Å². The number of nitrogens with one attached hydrogen (secondary N) is 1. The predicted octanol–water partition coefficient (Wildman–Crippen LogP) is 5.26. The second-order valence-electron chi connectivity index (χ2n) is 9.70. The molecule has 3 aromatic rings. The van der Waals surface area contributed by atoms with Crippen molar-refractivity contribution < 1.29 is 32.3 Å². The second kappa shape index (κ2) is 11.9. The molecular formula is C30H29F3N4O4. The molecule has 214 valence electrons. The van der Waals surface area contributed by atoms with Gasteiger partial charge in [-0.05, 0) is 62.5 Å². The van der Waals surface area contributed by atoms with Crippen LogP contribution in [0.5, 0.6) is 0 Å². The van der Waals surface area contributed by atoms with Gasteiger partial charge in [0, 0.05) is 12.7 Å².